The molecule has 4 aromatic rings. The number of urea groups is 1. The topological polar surface area (TPSA) is 142 Å². The number of rotatable bonds is 9. The minimum atomic E-state index is -1.96. The molecule has 4 amide bonds. The average Bonchev–Trinajstić information content (AvgIpc) is 3.42. The second-order valence-electron chi connectivity index (χ2n) is 8.44. The van der Waals surface area contributed by atoms with Crippen molar-refractivity contribution in [1.29, 1.82) is 0 Å². The highest BCUT2D eigenvalue weighted by Crippen LogP contribution is 2.30. The highest BCUT2D eigenvalue weighted by atomic mass is 19.1. The van der Waals surface area contributed by atoms with Crippen LogP contribution in [-0.2, 0) is 14.3 Å². The molecule has 0 aliphatic carbocycles. The lowest BCUT2D eigenvalue weighted by Crippen LogP contribution is -2.69. The van der Waals surface area contributed by atoms with E-state index in [-0.39, 0.29) is 24.6 Å². The second kappa shape index (κ2) is 10.7. The number of aromatic nitrogens is 2. The van der Waals surface area contributed by atoms with Gasteiger partial charge in [0.25, 0.3) is 23.3 Å². The standard InChI is InChI=1S/C27H21FN4O7/c1-36-15-14-27(24(33)30-26(35)31-25(27)34)38-21-12-10-20(11-13-21)37-19-8-4-17(5-9-19)23-29-22(32-39-23)16-2-6-18(28)7-3-16/h2-13H,14-15H2,1H3,(H2,30,31,33,34,35). The summed E-state index contributed by atoms with van der Waals surface area (Å²) >= 11 is 0. The molecule has 1 fully saturated rings. The van der Waals surface area contributed by atoms with Crippen LogP contribution in [0.1, 0.15) is 6.42 Å². The van der Waals surface area contributed by atoms with Crippen LogP contribution in [0.4, 0.5) is 9.18 Å². The van der Waals surface area contributed by atoms with Gasteiger partial charge in [0.05, 0.1) is 6.61 Å². The highest BCUT2D eigenvalue weighted by molar-refractivity contribution is 6.21. The van der Waals surface area contributed by atoms with Crippen molar-refractivity contribution in [3.05, 3.63) is 78.6 Å². The number of barbiturate groups is 1. The van der Waals surface area contributed by atoms with Crippen LogP contribution < -0.4 is 20.1 Å². The Morgan fingerprint density at radius 1 is 0.821 bits per heavy atom. The molecule has 0 bridgehead atoms. The molecule has 39 heavy (non-hydrogen) atoms. The van der Waals surface area contributed by atoms with E-state index in [0.717, 1.165) is 0 Å². The van der Waals surface area contributed by atoms with E-state index >= 15 is 0 Å². The van der Waals surface area contributed by atoms with E-state index in [9.17, 15) is 18.8 Å². The quantitative estimate of drug-likeness (QED) is 0.307. The van der Waals surface area contributed by atoms with Crippen molar-refractivity contribution in [1.82, 2.24) is 20.8 Å². The molecule has 5 rings (SSSR count). The van der Waals surface area contributed by atoms with Crippen LogP contribution in [0, 0.1) is 5.82 Å². The van der Waals surface area contributed by atoms with Crippen molar-refractivity contribution in [2.45, 2.75) is 12.0 Å². The summed E-state index contributed by atoms with van der Waals surface area (Å²) in [6, 6.07) is 18.1. The van der Waals surface area contributed by atoms with Gasteiger partial charge >= 0.3 is 6.03 Å². The zero-order chi connectivity index (χ0) is 27.4. The Kier molecular flexibility index (Phi) is 7.02. The Hall–Kier alpha value is -5.10. The second-order valence-corrected chi connectivity index (χ2v) is 8.44. The van der Waals surface area contributed by atoms with Crippen LogP contribution in [-0.4, -0.2) is 47.3 Å². The maximum absolute atomic E-state index is 13.2. The number of carbonyl (C=O) groups excluding carboxylic acids is 3. The fourth-order valence-corrected chi connectivity index (χ4v) is 3.79. The molecule has 1 aromatic heterocycles. The fraction of sp³-hybridized carbons (Fsp3) is 0.148. The lowest BCUT2D eigenvalue weighted by molar-refractivity contribution is -0.153. The van der Waals surface area contributed by atoms with Gasteiger partial charge in [-0.3, -0.25) is 20.2 Å². The van der Waals surface area contributed by atoms with Gasteiger partial charge in [0, 0.05) is 24.7 Å². The van der Waals surface area contributed by atoms with Gasteiger partial charge in [0.15, 0.2) is 0 Å². The molecule has 3 aromatic carbocycles. The first-order valence-corrected chi connectivity index (χ1v) is 11.7. The van der Waals surface area contributed by atoms with Gasteiger partial charge in [-0.05, 0) is 72.8 Å². The number of amides is 4. The van der Waals surface area contributed by atoms with E-state index in [1.807, 2.05) is 0 Å². The van der Waals surface area contributed by atoms with Gasteiger partial charge in [-0.15, -0.1) is 0 Å². The minimum Gasteiger partial charge on any atom is -0.467 e. The monoisotopic (exact) mass is 532 g/mol. The first kappa shape index (κ1) is 25.5. The van der Waals surface area contributed by atoms with E-state index in [1.54, 1.807) is 48.5 Å². The Balaban J connectivity index is 1.25. The summed E-state index contributed by atoms with van der Waals surface area (Å²) in [4.78, 5) is 40.9. The number of carbonyl (C=O) groups is 3. The number of imide groups is 2. The summed E-state index contributed by atoms with van der Waals surface area (Å²) in [5.41, 5.74) is -0.676. The van der Waals surface area contributed by atoms with Gasteiger partial charge in [-0.25, -0.2) is 9.18 Å². The fourth-order valence-electron chi connectivity index (χ4n) is 3.79. The Bertz CT molecular complexity index is 1480. The maximum Gasteiger partial charge on any atom is 0.328 e. The van der Waals surface area contributed by atoms with Crippen LogP contribution in [0.15, 0.2) is 77.3 Å². The zero-order valence-electron chi connectivity index (χ0n) is 20.5. The maximum atomic E-state index is 13.2. The number of benzene rings is 3. The summed E-state index contributed by atoms with van der Waals surface area (Å²) in [5, 5.41) is 8.06. The van der Waals surface area contributed by atoms with Crippen molar-refractivity contribution in [2.24, 2.45) is 0 Å². The molecular weight excluding hydrogens is 511 g/mol. The minimum absolute atomic E-state index is 0.0450. The molecule has 0 atom stereocenters. The highest BCUT2D eigenvalue weighted by Gasteiger charge is 2.52. The van der Waals surface area contributed by atoms with E-state index in [1.165, 1.54) is 31.4 Å². The summed E-state index contributed by atoms with van der Waals surface area (Å²) in [6.07, 6.45) is -0.107. The normalized spacial score (nSPS) is 14.5. The predicted octanol–water partition coefficient (Wildman–Crippen LogP) is 3.86. The molecule has 1 aliphatic heterocycles. The molecule has 1 saturated heterocycles. The van der Waals surface area contributed by atoms with Crippen molar-refractivity contribution in [3.63, 3.8) is 0 Å². The van der Waals surface area contributed by atoms with Crippen LogP contribution in [0.5, 0.6) is 17.2 Å². The smallest absolute Gasteiger partial charge is 0.328 e. The molecule has 2 N–H and O–H groups in total. The van der Waals surface area contributed by atoms with Gasteiger partial charge in [-0.1, -0.05) is 5.16 Å². The lowest BCUT2D eigenvalue weighted by atomic mass is 9.95. The molecule has 198 valence electrons. The van der Waals surface area contributed by atoms with E-state index in [0.29, 0.717) is 34.3 Å². The van der Waals surface area contributed by atoms with Crippen LogP contribution >= 0.6 is 0 Å². The SMILES string of the molecule is COCCC1(Oc2ccc(Oc3ccc(-c4nc(-c5ccc(F)cc5)no4)cc3)cc2)C(=O)NC(=O)NC1=O. The molecule has 11 nitrogen and oxygen atoms in total. The van der Waals surface area contributed by atoms with E-state index < -0.39 is 23.4 Å². The first-order valence-electron chi connectivity index (χ1n) is 11.7. The Labute approximate surface area is 220 Å². The van der Waals surface area contributed by atoms with Gasteiger partial charge in [0.2, 0.25) is 5.82 Å². The number of ether oxygens (including phenoxy) is 3. The lowest BCUT2D eigenvalue weighted by Gasteiger charge is -2.34. The zero-order valence-corrected chi connectivity index (χ0v) is 20.5. The Morgan fingerprint density at radius 2 is 1.38 bits per heavy atom. The summed E-state index contributed by atoms with van der Waals surface area (Å²) in [6.45, 7) is 0.0450. The third kappa shape index (κ3) is 5.45. The van der Waals surface area contributed by atoms with Crippen molar-refractivity contribution in [3.8, 4) is 40.1 Å². The number of methoxy groups -OCH3 is 1. The van der Waals surface area contributed by atoms with Gasteiger partial charge < -0.3 is 18.7 Å². The summed E-state index contributed by atoms with van der Waals surface area (Å²) in [5.74, 6) is -0.278. The predicted molar refractivity (Wildman–Crippen MR) is 133 cm³/mol. The number of halogens is 1. The molecular formula is C27H21FN4O7. The van der Waals surface area contributed by atoms with Gasteiger partial charge in [0.1, 0.15) is 23.1 Å². The van der Waals surface area contributed by atoms with E-state index in [2.05, 4.69) is 20.8 Å². The molecule has 0 spiro atoms. The molecule has 0 radical (unpaired) electrons. The molecule has 0 saturated carbocycles. The van der Waals surface area contributed by atoms with E-state index in [4.69, 9.17) is 18.7 Å². The van der Waals surface area contributed by atoms with Gasteiger partial charge in [-0.2, -0.15) is 4.98 Å². The largest absolute Gasteiger partial charge is 0.467 e. The number of hydrogen-bond acceptors (Lipinski definition) is 9. The van der Waals surface area contributed by atoms with Crippen molar-refractivity contribution >= 4 is 17.8 Å². The molecule has 2 heterocycles. The number of nitrogens with zero attached hydrogens (tertiary/aromatic N) is 2. The van der Waals surface area contributed by atoms with Crippen molar-refractivity contribution in [2.75, 3.05) is 13.7 Å². The third-order valence-corrected chi connectivity index (χ3v) is 5.83. The first-order chi connectivity index (χ1) is 18.9. The Morgan fingerprint density at radius 3 is 2.00 bits per heavy atom. The third-order valence-electron chi connectivity index (χ3n) is 5.83. The summed E-state index contributed by atoms with van der Waals surface area (Å²) < 4.78 is 35.1. The van der Waals surface area contributed by atoms with Crippen LogP contribution in [0.25, 0.3) is 22.8 Å². The average molecular weight is 532 g/mol. The summed E-state index contributed by atoms with van der Waals surface area (Å²) in [7, 11) is 1.42. The van der Waals surface area contributed by atoms with Crippen molar-refractivity contribution < 1.29 is 37.5 Å². The van der Waals surface area contributed by atoms with Crippen LogP contribution in [0.2, 0.25) is 0 Å². The molecule has 12 heteroatoms. The number of hydrogen-bond donors (Lipinski definition) is 2. The molecule has 1 aliphatic rings. The number of nitrogens with one attached hydrogen (secondary N) is 2. The van der Waals surface area contributed by atoms with Crippen LogP contribution in [0.3, 0.4) is 0 Å². The molecule has 0 unspecified atom stereocenters.